The highest BCUT2D eigenvalue weighted by Crippen LogP contribution is 2.34. The van der Waals surface area contributed by atoms with E-state index in [2.05, 4.69) is 10.6 Å². The van der Waals surface area contributed by atoms with Crippen molar-refractivity contribution in [3.05, 3.63) is 70.2 Å². The Labute approximate surface area is 208 Å². The second-order valence-corrected chi connectivity index (χ2v) is 9.45. The summed E-state index contributed by atoms with van der Waals surface area (Å²) in [6.07, 6.45) is 1.78. The summed E-state index contributed by atoms with van der Waals surface area (Å²) in [5, 5.41) is 7.15. The largest absolute Gasteiger partial charge is 0.469 e. The Kier molecular flexibility index (Phi) is 7.48. The lowest BCUT2D eigenvalue weighted by Gasteiger charge is -2.43. The molecule has 2 amide bonds. The molecule has 0 aromatic heterocycles. The van der Waals surface area contributed by atoms with Crippen molar-refractivity contribution in [3.63, 3.8) is 0 Å². The maximum absolute atomic E-state index is 13.1. The van der Waals surface area contributed by atoms with Crippen molar-refractivity contribution in [1.29, 1.82) is 0 Å². The standard InChI is InChI=1S/C25H26ClN3O4S/c1-33-24(32)18-8-11-20-21(12-18)28-25(34)29(23(20)31)14-16-2-6-17(7-3-16)22(30)27-13-15-4-9-19(26)10-5-15/h2-7,9-10,18,20-21H,8,11-14H2,1H3,(H,27,30)(H,28,34). The summed E-state index contributed by atoms with van der Waals surface area (Å²) in [5.74, 6) is -0.872. The number of carbonyl (C=O) groups is 3. The van der Waals surface area contributed by atoms with Crippen molar-refractivity contribution in [1.82, 2.24) is 15.5 Å². The molecule has 7 nitrogen and oxygen atoms in total. The van der Waals surface area contributed by atoms with E-state index in [-0.39, 0.29) is 35.7 Å². The van der Waals surface area contributed by atoms with E-state index in [4.69, 9.17) is 28.6 Å². The molecular formula is C25H26ClN3O4S. The Bertz CT molecular complexity index is 1090. The number of halogens is 1. The number of esters is 1. The summed E-state index contributed by atoms with van der Waals surface area (Å²) in [6, 6.07) is 14.3. The smallest absolute Gasteiger partial charge is 0.308 e. The Morgan fingerprint density at radius 3 is 2.47 bits per heavy atom. The lowest BCUT2D eigenvalue weighted by atomic mass is 9.76. The third-order valence-electron chi connectivity index (χ3n) is 6.45. The van der Waals surface area contributed by atoms with Crippen LogP contribution in [0, 0.1) is 11.8 Å². The molecule has 0 bridgehead atoms. The minimum absolute atomic E-state index is 0.0261. The number of methoxy groups -OCH3 is 1. The zero-order chi connectivity index (χ0) is 24.2. The van der Waals surface area contributed by atoms with Gasteiger partial charge in [-0.1, -0.05) is 35.9 Å². The maximum atomic E-state index is 13.1. The highest BCUT2D eigenvalue weighted by atomic mass is 35.5. The van der Waals surface area contributed by atoms with Gasteiger partial charge >= 0.3 is 5.97 Å². The number of rotatable bonds is 6. The second kappa shape index (κ2) is 10.5. The van der Waals surface area contributed by atoms with Crippen LogP contribution in [0.5, 0.6) is 0 Å². The number of ether oxygens (including phenoxy) is 1. The fraction of sp³-hybridized carbons (Fsp3) is 0.360. The molecule has 3 atom stereocenters. The average molecular weight is 500 g/mol. The van der Waals surface area contributed by atoms with Crippen LogP contribution in [0.25, 0.3) is 0 Å². The van der Waals surface area contributed by atoms with Crippen molar-refractivity contribution in [2.75, 3.05) is 7.11 Å². The molecule has 1 saturated heterocycles. The van der Waals surface area contributed by atoms with E-state index < -0.39 is 0 Å². The molecule has 2 aliphatic rings. The second-order valence-electron chi connectivity index (χ2n) is 8.63. The monoisotopic (exact) mass is 499 g/mol. The minimum atomic E-state index is -0.238. The molecular weight excluding hydrogens is 474 g/mol. The topological polar surface area (TPSA) is 87.7 Å². The minimum Gasteiger partial charge on any atom is -0.469 e. The van der Waals surface area contributed by atoms with Crippen LogP contribution in [0.2, 0.25) is 5.02 Å². The first kappa shape index (κ1) is 24.2. The molecule has 9 heteroatoms. The Morgan fingerprint density at radius 2 is 1.79 bits per heavy atom. The van der Waals surface area contributed by atoms with Crippen LogP contribution in [-0.4, -0.2) is 40.9 Å². The van der Waals surface area contributed by atoms with E-state index in [1.807, 2.05) is 24.3 Å². The van der Waals surface area contributed by atoms with Crippen molar-refractivity contribution in [2.24, 2.45) is 11.8 Å². The zero-order valence-electron chi connectivity index (χ0n) is 18.8. The van der Waals surface area contributed by atoms with Crippen molar-refractivity contribution in [2.45, 2.75) is 38.4 Å². The van der Waals surface area contributed by atoms with Gasteiger partial charge in [-0.2, -0.15) is 0 Å². The molecule has 0 radical (unpaired) electrons. The fourth-order valence-corrected chi connectivity index (χ4v) is 4.96. The zero-order valence-corrected chi connectivity index (χ0v) is 20.3. The van der Waals surface area contributed by atoms with Crippen molar-refractivity contribution in [3.8, 4) is 0 Å². The number of nitrogens with one attached hydrogen (secondary N) is 2. The molecule has 0 spiro atoms. The molecule has 34 heavy (non-hydrogen) atoms. The normalized spacial score (nSPS) is 21.9. The van der Waals surface area contributed by atoms with Crippen LogP contribution in [0.1, 0.15) is 40.7 Å². The Morgan fingerprint density at radius 1 is 1.12 bits per heavy atom. The Balaban J connectivity index is 1.34. The molecule has 1 aliphatic carbocycles. The third-order valence-corrected chi connectivity index (χ3v) is 7.04. The molecule has 2 N–H and O–H groups in total. The van der Waals surface area contributed by atoms with Gasteiger partial charge in [0.05, 0.1) is 25.5 Å². The van der Waals surface area contributed by atoms with E-state index in [9.17, 15) is 14.4 Å². The van der Waals surface area contributed by atoms with Crippen LogP contribution < -0.4 is 10.6 Å². The molecule has 1 heterocycles. The highest BCUT2D eigenvalue weighted by Gasteiger charge is 2.44. The van der Waals surface area contributed by atoms with Gasteiger partial charge in [0, 0.05) is 23.2 Å². The van der Waals surface area contributed by atoms with Gasteiger partial charge in [0.2, 0.25) is 5.91 Å². The van der Waals surface area contributed by atoms with Gasteiger partial charge in [-0.25, -0.2) is 0 Å². The van der Waals surface area contributed by atoms with E-state index in [1.165, 1.54) is 7.11 Å². The third kappa shape index (κ3) is 5.39. The number of fused-ring (bicyclic) bond motifs is 1. The molecule has 2 aromatic carbocycles. The van der Waals surface area contributed by atoms with Gasteiger partial charge in [0.1, 0.15) is 0 Å². The van der Waals surface area contributed by atoms with E-state index >= 15 is 0 Å². The van der Waals surface area contributed by atoms with Crippen LogP contribution in [-0.2, 0) is 27.4 Å². The summed E-state index contributed by atoms with van der Waals surface area (Å²) in [4.78, 5) is 39.1. The predicted molar refractivity (Wildman–Crippen MR) is 132 cm³/mol. The van der Waals surface area contributed by atoms with Crippen LogP contribution in [0.3, 0.4) is 0 Å². The van der Waals surface area contributed by atoms with Crippen LogP contribution >= 0.6 is 23.8 Å². The van der Waals surface area contributed by atoms with E-state index in [1.54, 1.807) is 29.2 Å². The van der Waals surface area contributed by atoms with Gasteiger partial charge in [0.25, 0.3) is 5.91 Å². The number of amides is 2. The molecule has 178 valence electrons. The summed E-state index contributed by atoms with van der Waals surface area (Å²) >= 11 is 11.4. The molecule has 3 unspecified atom stereocenters. The number of nitrogens with zero attached hydrogens (tertiary/aromatic N) is 1. The number of thiocarbonyl (C=S) groups is 1. The number of benzene rings is 2. The highest BCUT2D eigenvalue weighted by molar-refractivity contribution is 7.80. The van der Waals surface area contributed by atoms with Gasteiger partial charge in [0.15, 0.2) is 5.11 Å². The summed E-state index contributed by atoms with van der Waals surface area (Å²) in [7, 11) is 1.38. The lowest BCUT2D eigenvalue weighted by molar-refractivity contribution is -0.149. The average Bonchev–Trinajstić information content (AvgIpc) is 2.85. The number of hydrogen-bond donors (Lipinski definition) is 2. The molecule has 2 fully saturated rings. The van der Waals surface area contributed by atoms with Crippen LogP contribution in [0.15, 0.2) is 48.5 Å². The molecule has 2 aromatic rings. The van der Waals surface area contributed by atoms with Crippen LogP contribution in [0.4, 0.5) is 0 Å². The van der Waals surface area contributed by atoms with Gasteiger partial charge < -0.3 is 15.4 Å². The molecule has 4 rings (SSSR count). The summed E-state index contributed by atoms with van der Waals surface area (Å²) in [6.45, 7) is 0.723. The van der Waals surface area contributed by atoms with Gasteiger partial charge in [-0.05, 0) is 66.9 Å². The first-order valence-corrected chi connectivity index (χ1v) is 12.0. The summed E-state index contributed by atoms with van der Waals surface area (Å²) in [5.41, 5.74) is 2.36. The lowest BCUT2D eigenvalue weighted by Crippen LogP contribution is -2.61. The first-order chi connectivity index (χ1) is 16.4. The SMILES string of the molecule is COC(=O)C1CCC2C(=O)N(Cc3ccc(C(=O)NCc4ccc(Cl)cc4)cc3)C(=S)NC2C1. The number of carbonyl (C=O) groups excluding carboxylic acids is 3. The van der Waals surface area contributed by atoms with E-state index in [0.29, 0.717) is 48.1 Å². The first-order valence-electron chi connectivity index (χ1n) is 11.2. The van der Waals surface area contributed by atoms with Gasteiger partial charge in [-0.3, -0.25) is 19.3 Å². The quantitative estimate of drug-likeness (QED) is 0.467. The summed E-state index contributed by atoms with van der Waals surface area (Å²) < 4.78 is 4.86. The predicted octanol–water partition coefficient (Wildman–Crippen LogP) is 3.44. The fourth-order valence-electron chi connectivity index (χ4n) is 4.52. The van der Waals surface area contributed by atoms with Gasteiger partial charge in [-0.15, -0.1) is 0 Å². The molecule has 1 saturated carbocycles. The maximum Gasteiger partial charge on any atom is 0.308 e. The molecule has 1 aliphatic heterocycles. The Hall–Kier alpha value is -2.97. The number of hydrogen-bond acceptors (Lipinski definition) is 5. The van der Waals surface area contributed by atoms with Crippen molar-refractivity contribution >= 4 is 46.7 Å². The van der Waals surface area contributed by atoms with Crippen molar-refractivity contribution < 1.29 is 19.1 Å². The van der Waals surface area contributed by atoms with E-state index in [0.717, 1.165) is 11.1 Å².